The van der Waals surface area contributed by atoms with Crippen LogP contribution in [0.15, 0.2) is 0 Å². The summed E-state index contributed by atoms with van der Waals surface area (Å²) in [6.45, 7) is 0. The van der Waals surface area contributed by atoms with Gasteiger partial charge in [-0.3, -0.25) is 4.79 Å². The van der Waals surface area contributed by atoms with Crippen LogP contribution in [0.5, 0.6) is 0 Å². The molecule has 0 radical (unpaired) electrons. The highest BCUT2D eigenvalue weighted by Gasteiger charge is 2.68. The zero-order chi connectivity index (χ0) is 27.3. The second kappa shape index (κ2) is 11.1. The lowest BCUT2D eigenvalue weighted by atomic mass is 9.84. The minimum atomic E-state index is -6.35. The predicted octanol–water partition coefficient (Wildman–Crippen LogP) is 6.83. The first kappa shape index (κ1) is 29.2. The zero-order valence-electron chi connectivity index (χ0n) is 22.1. The Kier molecular flexibility index (Phi) is 8.55. The fourth-order valence-electron chi connectivity index (χ4n) is 8.86. The molecule has 0 aliphatic heterocycles. The lowest BCUT2D eigenvalue weighted by molar-refractivity contribution is -0.202. The van der Waals surface area contributed by atoms with Crippen molar-refractivity contribution >= 4 is 26.8 Å². The van der Waals surface area contributed by atoms with E-state index in [1.165, 1.54) is 77.0 Å². The first-order valence-electron chi connectivity index (χ1n) is 14.8. The van der Waals surface area contributed by atoms with E-state index in [4.69, 9.17) is 0 Å². The predicted molar refractivity (Wildman–Crippen MR) is 139 cm³/mol. The molecule has 0 aromatic rings. The van der Waals surface area contributed by atoms with Gasteiger partial charge in [-0.25, -0.2) is 8.42 Å². The van der Waals surface area contributed by atoms with Crippen molar-refractivity contribution in [2.45, 2.75) is 136 Å². The third kappa shape index (κ3) is 5.45. The molecule has 0 saturated heterocycles. The number of rotatable bonds is 6. The summed E-state index contributed by atoms with van der Waals surface area (Å²) in [5.74, 6) is -4.39. The van der Waals surface area contributed by atoms with E-state index in [9.17, 15) is 35.3 Å². The molecule has 38 heavy (non-hydrogen) atoms. The second-order valence-electron chi connectivity index (χ2n) is 13.0. The molecule has 10 heteroatoms. The van der Waals surface area contributed by atoms with Gasteiger partial charge >= 0.3 is 11.2 Å². The third-order valence-electron chi connectivity index (χ3n) is 10.7. The van der Waals surface area contributed by atoms with Crippen LogP contribution in [0.2, 0.25) is 0 Å². The van der Waals surface area contributed by atoms with E-state index < -0.39 is 33.1 Å². The Morgan fingerprint density at radius 1 is 0.737 bits per heavy atom. The highest BCUT2D eigenvalue weighted by atomic mass is 32.2. The number of hydrogen-bond acceptors (Lipinski definition) is 4. The van der Waals surface area contributed by atoms with Gasteiger partial charge in [-0.15, -0.1) is 0 Å². The molecular weight excluding hydrogens is 540 g/mol. The Hall–Kier alpha value is -0.350. The lowest BCUT2D eigenvalue weighted by Crippen LogP contribution is -2.52. The molecule has 6 aliphatic rings. The molecule has 6 rings (SSSR count). The summed E-state index contributed by atoms with van der Waals surface area (Å²) < 4.78 is 84.0. The van der Waals surface area contributed by atoms with Crippen LogP contribution < -0.4 is 0 Å². The average Bonchev–Trinajstić information content (AvgIpc) is 3.68. The summed E-state index contributed by atoms with van der Waals surface area (Å²) >= 11 is 0. The van der Waals surface area contributed by atoms with Crippen LogP contribution in [0.1, 0.15) is 109 Å². The van der Waals surface area contributed by atoms with Gasteiger partial charge in [-0.2, -0.15) is 17.6 Å². The molecule has 6 aliphatic carbocycles. The van der Waals surface area contributed by atoms with E-state index in [-0.39, 0.29) is 12.3 Å². The fourth-order valence-corrected chi connectivity index (χ4v) is 13.6. The number of alkyl halides is 4. The maximum atomic E-state index is 13.5. The normalized spacial score (nSPS) is 38.8. The van der Waals surface area contributed by atoms with Crippen molar-refractivity contribution < 1.29 is 35.3 Å². The highest BCUT2D eigenvalue weighted by molar-refractivity contribution is 7.99. The van der Waals surface area contributed by atoms with Crippen molar-refractivity contribution in [3.05, 3.63) is 0 Å². The van der Waals surface area contributed by atoms with Crippen molar-refractivity contribution in [1.29, 1.82) is 0 Å². The van der Waals surface area contributed by atoms with E-state index in [1.54, 1.807) is 0 Å². The third-order valence-corrected chi connectivity index (χ3v) is 15.3. The Morgan fingerprint density at radius 2 is 1.34 bits per heavy atom. The molecule has 0 aromatic carbocycles. The first-order valence-corrected chi connectivity index (χ1v) is 17.7. The molecule has 6 saturated carbocycles. The molecule has 218 valence electrons. The highest BCUT2D eigenvalue weighted by Crippen LogP contribution is 2.58. The summed E-state index contributed by atoms with van der Waals surface area (Å²) in [4.78, 5) is 12.6. The average molecular weight is 583 g/mol. The van der Waals surface area contributed by atoms with Crippen molar-refractivity contribution in [1.82, 2.24) is 0 Å². The minimum Gasteiger partial charge on any atom is -0.743 e. The smallest absolute Gasteiger partial charge is 0.396 e. The topological polar surface area (TPSA) is 74.3 Å². The molecule has 0 N–H and O–H groups in total. The van der Waals surface area contributed by atoms with E-state index >= 15 is 0 Å². The van der Waals surface area contributed by atoms with E-state index in [0.717, 1.165) is 28.8 Å². The number of hydrogen-bond donors (Lipinski definition) is 0. The van der Waals surface area contributed by atoms with Crippen molar-refractivity contribution in [2.75, 3.05) is 0 Å². The molecule has 6 fully saturated rings. The van der Waals surface area contributed by atoms with Crippen LogP contribution in [0.4, 0.5) is 17.6 Å². The van der Waals surface area contributed by atoms with Gasteiger partial charge in [0.1, 0.15) is 10.5 Å². The number of halogens is 4. The Labute approximate surface area is 227 Å². The molecule has 0 heterocycles. The van der Waals surface area contributed by atoms with Crippen LogP contribution in [-0.2, 0) is 25.8 Å². The fraction of sp³-hybridized carbons (Fsp3) is 0.964. The molecule has 0 spiro atoms. The van der Waals surface area contributed by atoms with Gasteiger partial charge in [-0.1, -0.05) is 12.8 Å². The number of ketones is 1. The lowest BCUT2D eigenvalue weighted by Gasteiger charge is -2.36. The maximum absolute atomic E-state index is 13.5. The number of Topliss-reactive ketones (excluding diaryl/α,β-unsaturated/α-hetero) is 1. The summed E-state index contributed by atoms with van der Waals surface area (Å²) in [5.41, 5.74) is 0. The van der Waals surface area contributed by atoms with Crippen molar-refractivity contribution in [2.24, 2.45) is 29.6 Å². The summed E-state index contributed by atoms with van der Waals surface area (Å²) in [6.07, 6.45) is 19.3. The number of carbonyl (C=O) groups excluding carboxylic acids is 1. The van der Waals surface area contributed by atoms with Gasteiger partial charge in [0.15, 0.2) is 21.2 Å². The summed E-state index contributed by atoms with van der Waals surface area (Å²) in [7, 11) is -5.90. The minimum absolute atomic E-state index is 0.0407. The second-order valence-corrected chi connectivity index (χ2v) is 17.0. The molecular formula is C28H42F4O4S2. The van der Waals surface area contributed by atoms with Crippen LogP contribution in [0.3, 0.4) is 0 Å². The number of carbonyl (C=O) groups is 1. The summed E-state index contributed by atoms with van der Waals surface area (Å²) in [5, 5.41) is -3.14. The molecule has 8 atom stereocenters. The van der Waals surface area contributed by atoms with Gasteiger partial charge in [0.25, 0.3) is 0 Å². The van der Waals surface area contributed by atoms with Crippen molar-refractivity contribution in [3.63, 3.8) is 0 Å². The Balaban J connectivity index is 0.000000159. The molecule has 0 aromatic heterocycles. The maximum Gasteiger partial charge on any atom is 0.396 e. The zero-order valence-corrected chi connectivity index (χ0v) is 23.7. The monoisotopic (exact) mass is 582 g/mol. The van der Waals surface area contributed by atoms with E-state index in [0.29, 0.717) is 41.2 Å². The van der Waals surface area contributed by atoms with E-state index in [1.807, 2.05) is 0 Å². The first-order chi connectivity index (χ1) is 17.9. The Bertz CT molecular complexity index is 968. The van der Waals surface area contributed by atoms with Crippen LogP contribution >= 0.6 is 0 Å². The largest absolute Gasteiger partial charge is 0.743 e. The molecule has 4 bridgehead atoms. The van der Waals surface area contributed by atoms with Gasteiger partial charge in [0, 0.05) is 35.6 Å². The van der Waals surface area contributed by atoms with Crippen LogP contribution in [-0.4, -0.2) is 45.7 Å². The van der Waals surface area contributed by atoms with Crippen molar-refractivity contribution in [3.8, 4) is 0 Å². The quantitative estimate of drug-likeness (QED) is 0.195. The summed E-state index contributed by atoms with van der Waals surface area (Å²) in [6, 6.07) is 0. The van der Waals surface area contributed by atoms with Gasteiger partial charge in [-0.05, 0) is 101 Å². The SMILES string of the molecule is O=C1CCCCC1[S+](C1CCCCC1)C1CC2CCC1C2.O=S(=O)([O-])C(F)(F)C(F)(F)C1CC2CCC1C2. The number of fused-ring (bicyclic) bond motifs is 4. The van der Waals surface area contributed by atoms with Crippen LogP contribution in [0, 0.1) is 29.6 Å². The van der Waals surface area contributed by atoms with E-state index in [2.05, 4.69) is 0 Å². The van der Waals surface area contributed by atoms with Gasteiger partial charge in [0.2, 0.25) is 0 Å². The molecule has 8 unspecified atom stereocenters. The van der Waals surface area contributed by atoms with Gasteiger partial charge in [0.05, 0.1) is 0 Å². The molecule has 0 amide bonds. The standard InChI is InChI=1S/C19H31OS.C9H12F4O3S/c20-17-8-4-5-9-18(17)21(16-6-2-1-3-7-16)19-13-14-10-11-15(19)12-14;10-8(11,9(12,13)17(14,15)16)7-4-5-1-2-6(7)3-5/h14-16,18-19H,1-13H2;5-7H,1-4H2,(H,14,15,16)/q+1;/p-1. The molecule has 4 nitrogen and oxygen atoms in total. The van der Waals surface area contributed by atoms with Crippen LogP contribution in [0.25, 0.3) is 0 Å². The Morgan fingerprint density at radius 3 is 1.84 bits per heavy atom. The van der Waals surface area contributed by atoms with Gasteiger partial charge < -0.3 is 4.55 Å².